The number of carboxylic acids is 1. The molecule has 0 unspecified atom stereocenters. The first-order valence-corrected chi connectivity index (χ1v) is 12.8. The highest BCUT2D eigenvalue weighted by atomic mass is 32.2. The molecule has 36 heavy (non-hydrogen) atoms. The lowest BCUT2D eigenvalue weighted by Gasteiger charge is -2.26. The van der Waals surface area contributed by atoms with Gasteiger partial charge in [0.1, 0.15) is 0 Å². The Hall–Kier alpha value is -3.11. The van der Waals surface area contributed by atoms with Crippen LogP contribution in [0.15, 0.2) is 24.3 Å². The van der Waals surface area contributed by atoms with Crippen LogP contribution >= 0.6 is 0 Å². The highest BCUT2D eigenvalue weighted by Gasteiger charge is 2.19. The van der Waals surface area contributed by atoms with E-state index in [1.54, 1.807) is 23.6 Å². The zero-order chi connectivity index (χ0) is 26.7. The second-order valence-corrected chi connectivity index (χ2v) is 10.2. The third-order valence-electron chi connectivity index (χ3n) is 4.98. The first-order chi connectivity index (χ1) is 17.1. The van der Waals surface area contributed by atoms with Crippen LogP contribution in [-0.2, 0) is 10.0 Å². The van der Waals surface area contributed by atoms with Crippen LogP contribution < -0.4 is 19.8 Å². The van der Waals surface area contributed by atoms with Crippen LogP contribution in [0, 0.1) is 0 Å². The smallest absolute Gasteiger partial charge is 0.335 e. The van der Waals surface area contributed by atoms with Gasteiger partial charge in [-0.05, 0) is 38.1 Å². The number of nitrogens with one attached hydrogen (secondary N) is 2. The molecule has 2 aromatic rings. The van der Waals surface area contributed by atoms with Gasteiger partial charge in [-0.3, -0.25) is 0 Å². The minimum Gasteiger partial charge on any atom is -0.478 e. The first-order valence-electron chi connectivity index (χ1n) is 11.3. The Morgan fingerprint density at radius 2 is 1.39 bits per heavy atom. The van der Waals surface area contributed by atoms with Crippen molar-refractivity contribution in [3.05, 3.63) is 29.8 Å². The standard InChI is InChI=1S/C21H33N7O7S/c1-15(2)36(34,35)22-7-8-27(9-12-29)20-24-19(23-17-5-3-16(4-6-17)18(32)33)25-21(26-20)28(10-13-30)11-14-31/h3-6,15,22,29-31H,7-14H2,1-2H3,(H,32,33)(H,23,24,25,26). The lowest BCUT2D eigenvalue weighted by atomic mass is 10.2. The predicted molar refractivity (Wildman–Crippen MR) is 134 cm³/mol. The van der Waals surface area contributed by atoms with E-state index in [9.17, 15) is 28.5 Å². The van der Waals surface area contributed by atoms with Gasteiger partial charge >= 0.3 is 5.97 Å². The van der Waals surface area contributed by atoms with Gasteiger partial charge in [-0.25, -0.2) is 17.9 Å². The lowest BCUT2D eigenvalue weighted by Crippen LogP contribution is -2.40. The Morgan fingerprint density at radius 1 is 0.889 bits per heavy atom. The van der Waals surface area contributed by atoms with Crippen molar-refractivity contribution in [2.45, 2.75) is 19.1 Å². The van der Waals surface area contributed by atoms with Crippen LogP contribution in [0.25, 0.3) is 0 Å². The Bertz CT molecular complexity index is 1080. The third-order valence-corrected chi connectivity index (χ3v) is 6.83. The topological polar surface area (TPSA) is 201 Å². The number of anilines is 4. The summed E-state index contributed by atoms with van der Waals surface area (Å²) in [7, 11) is -3.50. The fourth-order valence-corrected chi connectivity index (χ4v) is 3.70. The molecule has 1 aromatic carbocycles. The summed E-state index contributed by atoms with van der Waals surface area (Å²) in [6.07, 6.45) is 0. The van der Waals surface area contributed by atoms with E-state index in [-0.39, 0.29) is 76.0 Å². The number of hydrogen-bond donors (Lipinski definition) is 6. The van der Waals surface area contributed by atoms with Gasteiger partial charge in [-0.2, -0.15) is 15.0 Å². The molecular formula is C21H33N7O7S. The highest BCUT2D eigenvalue weighted by molar-refractivity contribution is 7.90. The zero-order valence-electron chi connectivity index (χ0n) is 20.2. The molecule has 1 aromatic heterocycles. The maximum atomic E-state index is 12.1. The number of sulfonamides is 1. The van der Waals surface area contributed by atoms with Crippen LogP contribution in [-0.4, -0.2) is 108 Å². The fourth-order valence-electron chi connectivity index (χ4n) is 2.99. The van der Waals surface area contributed by atoms with Gasteiger partial charge in [0.15, 0.2) is 0 Å². The van der Waals surface area contributed by atoms with Crippen molar-refractivity contribution in [3.8, 4) is 0 Å². The summed E-state index contributed by atoms with van der Waals surface area (Å²) < 4.78 is 26.7. The minimum atomic E-state index is -3.50. The van der Waals surface area contributed by atoms with Crippen molar-refractivity contribution >= 4 is 39.5 Å². The van der Waals surface area contributed by atoms with Crippen molar-refractivity contribution in [2.75, 3.05) is 67.7 Å². The molecule has 14 nitrogen and oxygen atoms in total. The normalized spacial score (nSPS) is 11.5. The van der Waals surface area contributed by atoms with Gasteiger partial charge in [-0.15, -0.1) is 0 Å². The maximum absolute atomic E-state index is 12.1. The Morgan fingerprint density at radius 3 is 1.83 bits per heavy atom. The molecule has 0 atom stereocenters. The van der Waals surface area contributed by atoms with E-state index in [0.717, 1.165) is 0 Å². The molecule has 200 valence electrons. The number of hydrogen-bond acceptors (Lipinski definition) is 12. The number of aliphatic hydroxyl groups is 3. The summed E-state index contributed by atoms with van der Waals surface area (Å²) in [5.74, 6) is -0.714. The molecule has 0 amide bonds. The average molecular weight is 528 g/mol. The molecule has 0 radical (unpaired) electrons. The molecule has 0 bridgehead atoms. The van der Waals surface area contributed by atoms with Crippen LogP contribution in [0.4, 0.5) is 23.5 Å². The second kappa shape index (κ2) is 13.8. The molecule has 2 rings (SSSR count). The number of aliphatic hydroxyl groups excluding tert-OH is 3. The summed E-state index contributed by atoms with van der Waals surface area (Å²) in [6.45, 7) is 2.95. The monoisotopic (exact) mass is 527 g/mol. The number of carbonyl (C=O) groups is 1. The number of rotatable bonds is 16. The first kappa shape index (κ1) is 29.1. The zero-order valence-corrected chi connectivity index (χ0v) is 21.0. The highest BCUT2D eigenvalue weighted by Crippen LogP contribution is 2.20. The van der Waals surface area contributed by atoms with Crippen LogP contribution in [0.5, 0.6) is 0 Å². The second-order valence-electron chi connectivity index (χ2n) is 7.90. The molecule has 15 heteroatoms. The lowest BCUT2D eigenvalue weighted by molar-refractivity contribution is 0.0697. The molecule has 6 N–H and O–H groups in total. The molecule has 0 saturated heterocycles. The van der Waals surface area contributed by atoms with Gasteiger partial charge in [-0.1, -0.05) is 0 Å². The van der Waals surface area contributed by atoms with E-state index in [4.69, 9.17) is 5.11 Å². The molecule has 0 aliphatic heterocycles. The van der Waals surface area contributed by atoms with Crippen LogP contribution in [0.3, 0.4) is 0 Å². The van der Waals surface area contributed by atoms with Gasteiger partial charge in [0.25, 0.3) is 0 Å². The van der Waals surface area contributed by atoms with E-state index in [2.05, 4.69) is 25.0 Å². The van der Waals surface area contributed by atoms with Crippen molar-refractivity contribution in [3.63, 3.8) is 0 Å². The molecule has 0 saturated carbocycles. The number of nitrogens with zero attached hydrogens (tertiary/aromatic N) is 5. The third kappa shape index (κ3) is 8.53. The molecule has 0 spiro atoms. The largest absolute Gasteiger partial charge is 0.478 e. The van der Waals surface area contributed by atoms with Gasteiger partial charge in [0, 0.05) is 38.4 Å². The molecule has 1 heterocycles. The molecule has 0 aliphatic rings. The Balaban J connectivity index is 2.40. The van der Waals surface area contributed by atoms with E-state index in [0.29, 0.717) is 5.69 Å². The Labute approximate surface area is 209 Å². The van der Waals surface area contributed by atoms with Gasteiger partial charge < -0.3 is 35.5 Å². The SMILES string of the molecule is CC(C)S(=O)(=O)NCCN(CCO)c1nc(Nc2ccc(C(=O)O)cc2)nc(N(CCO)CCO)n1. The van der Waals surface area contributed by atoms with Gasteiger partial charge in [0.05, 0.1) is 30.6 Å². The van der Waals surface area contributed by atoms with E-state index >= 15 is 0 Å². The summed E-state index contributed by atoms with van der Waals surface area (Å²) in [5.41, 5.74) is 0.602. The van der Waals surface area contributed by atoms with Crippen molar-refractivity contribution in [2.24, 2.45) is 0 Å². The van der Waals surface area contributed by atoms with E-state index in [1.807, 2.05) is 0 Å². The quantitative estimate of drug-likeness (QED) is 0.159. The van der Waals surface area contributed by atoms with E-state index < -0.39 is 21.2 Å². The van der Waals surface area contributed by atoms with Crippen molar-refractivity contribution in [1.82, 2.24) is 19.7 Å². The average Bonchev–Trinajstić information content (AvgIpc) is 2.83. The number of aromatic carboxylic acids is 1. The molecule has 0 aliphatic carbocycles. The summed E-state index contributed by atoms with van der Waals surface area (Å²) in [5, 5.41) is 39.9. The van der Waals surface area contributed by atoms with Gasteiger partial charge in [0.2, 0.25) is 27.9 Å². The molecular weight excluding hydrogens is 494 g/mol. The fraction of sp³-hybridized carbons (Fsp3) is 0.524. The summed E-state index contributed by atoms with van der Waals surface area (Å²) in [6, 6.07) is 5.91. The van der Waals surface area contributed by atoms with Crippen molar-refractivity contribution < 1.29 is 33.6 Å². The maximum Gasteiger partial charge on any atom is 0.335 e. The summed E-state index contributed by atoms with van der Waals surface area (Å²) in [4.78, 5) is 27.4. The van der Waals surface area contributed by atoms with Crippen LogP contribution in [0.1, 0.15) is 24.2 Å². The number of carboxylic acid groups (broad SMARTS) is 1. The summed E-state index contributed by atoms with van der Waals surface area (Å²) >= 11 is 0. The number of aromatic nitrogens is 3. The Kier molecular flexibility index (Phi) is 11.2. The van der Waals surface area contributed by atoms with Crippen molar-refractivity contribution in [1.29, 1.82) is 0 Å². The minimum absolute atomic E-state index is 0.0396. The predicted octanol–water partition coefficient (Wildman–Crippen LogP) is -0.769. The molecule has 0 fully saturated rings. The van der Waals surface area contributed by atoms with Crippen LogP contribution in [0.2, 0.25) is 0 Å². The van der Waals surface area contributed by atoms with E-state index in [1.165, 1.54) is 24.3 Å². The number of benzene rings is 1.